The molecule has 4 rings (SSSR count). The molecule has 8 heteroatoms. The molecule has 0 bridgehead atoms. The number of sulfonamides is 1. The fourth-order valence-electron chi connectivity index (χ4n) is 4.80. The van der Waals surface area contributed by atoms with Crippen molar-refractivity contribution in [3.8, 4) is 0 Å². The third kappa shape index (κ3) is 4.70. The molecule has 34 heavy (non-hydrogen) atoms. The molecule has 0 aromatic heterocycles. The SMILES string of the molecule is Cc1cc(C)c(S(=O)(=O)N(CC(=O)O)c2cccc3c2CCN3Cc2ccc(Br)cc2)c(C)c1. The van der Waals surface area contributed by atoms with Crippen molar-refractivity contribution in [1.29, 1.82) is 0 Å². The van der Waals surface area contributed by atoms with Crippen LogP contribution in [0.3, 0.4) is 0 Å². The fraction of sp³-hybridized carbons (Fsp3) is 0.269. The summed E-state index contributed by atoms with van der Waals surface area (Å²) in [6.45, 7) is 6.19. The number of rotatable bonds is 7. The lowest BCUT2D eigenvalue weighted by molar-refractivity contribution is -0.135. The first-order chi connectivity index (χ1) is 16.1. The van der Waals surface area contributed by atoms with E-state index in [2.05, 4.69) is 33.0 Å². The van der Waals surface area contributed by atoms with Crippen LogP contribution in [0.15, 0.2) is 64.0 Å². The molecule has 0 radical (unpaired) electrons. The van der Waals surface area contributed by atoms with E-state index < -0.39 is 22.5 Å². The number of benzene rings is 3. The number of fused-ring (bicyclic) bond motifs is 1. The van der Waals surface area contributed by atoms with Gasteiger partial charge in [0, 0.05) is 28.8 Å². The fourth-order valence-corrected chi connectivity index (χ4v) is 6.92. The van der Waals surface area contributed by atoms with Crippen LogP contribution in [-0.4, -0.2) is 32.6 Å². The minimum atomic E-state index is -4.10. The second-order valence-corrected chi connectivity index (χ2v) is 11.4. The van der Waals surface area contributed by atoms with Crippen molar-refractivity contribution < 1.29 is 18.3 Å². The van der Waals surface area contributed by atoms with Crippen molar-refractivity contribution in [1.82, 2.24) is 0 Å². The van der Waals surface area contributed by atoms with Crippen LogP contribution in [0.2, 0.25) is 0 Å². The molecule has 0 fully saturated rings. The molecule has 0 aliphatic carbocycles. The molecule has 178 valence electrons. The Balaban J connectivity index is 1.78. The number of halogens is 1. The molecule has 1 aliphatic rings. The predicted molar refractivity (Wildman–Crippen MR) is 138 cm³/mol. The van der Waals surface area contributed by atoms with Gasteiger partial charge in [0.2, 0.25) is 0 Å². The highest BCUT2D eigenvalue weighted by Gasteiger charge is 2.33. The maximum Gasteiger partial charge on any atom is 0.324 e. The number of anilines is 2. The zero-order valence-corrected chi connectivity index (χ0v) is 21.8. The Morgan fingerprint density at radius 1 is 1.06 bits per heavy atom. The maximum atomic E-state index is 13.9. The van der Waals surface area contributed by atoms with Crippen LogP contribution in [0.4, 0.5) is 11.4 Å². The van der Waals surface area contributed by atoms with Crippen molar-refractivity contribution in [2.45, 2.75) is 38.6 Å². The van der Waals surface area contributed by atoms with Crippen molar-refractivity contribution in [2.75, 3.05) is 22.3 Å². The molecule has 0 atom stereocenters. The molecule has 0 unspecified atom stereocenters. The molecule has 0 saturated heterocycles. The van der Waals surface area contributed by atoms with Crippen LogP contribution in [-0.2, 0) is 27.8 Å². The van der Waals surface area contributed by atoms with Gasteiger partial charge in [0.15, 0.2) is 0 Å². The first-order valence-corrected chi connectivity index (χ1v) is 13.2. The van der Waals surface area contributed by atoms with Gasteiger partial charge in [-0.25, -0.2) is 8.42 Å². The lowest BCUT2D eigenvalue weighted by Crippen LogP contribution is -2.37. The Labute approximate surface area is 209 Å². The van der Waals surface area contributed by atoms with Gasteiger partial charge in [-0.05, 0) is 68.1 Å². The molecule has 1 aliphatic heterocycles. The van der Waals surface area contributed by atoms with Crippen LogP contribution in [0.1, 0.15) is 27.8 Å². The normalized spacial score (nSPS) is 13.1. The number of carbonyl (C=O) groups is 1. The molecule has 1 heterocycles. The van der Waals surface area contributed by atoms with Crippen molar-refractivity contribution >= 4 is 43.3 Å². The van der Waals surface area contributed by atoms with Gasteiger partial charge < -0.3 is 10.0 Å². The summed E-state index contributed by atoms with van der Waals surface area (Å²) in [4.78, 5) is 14.2. The predicted octanol–water partition coefficient (Wildman–Crippen LogP) is 5.22. The van der Waals surface area contributed by atoms with Gasteiger partial charge in [-0.2, -0.15) is 0 Å². The minimum Gasteiger partial charge on any atom is -0.480 e. The smallest absolute Gasteiger partial charge is 0.324 e. The molecule has 0 amide bonds. The summed E-state index contributed by atoms with van der Waals surface area (Å²) in [7, 11) is -4.10. The summed E-state index contributed by atoms with van der Waals surface area (Å²) >= 11 is 3.46. The lowest BCUT2D eigenvalue weighted by atomic mass is 10.1. The van der Waals surface area contributed by atoms with Crippen LogP contribution < -0.4 is 9.21 Å². The Bertz CT molecular complexity index is 1330. The molecule has 0 saturated carbocycles. The van der Waals surface area contributed by atoms with Gasteiger partial charge in [-0.15, -0.1) is 0 Å². The number of hydrogen-bond donors (Lipinski definition) is 1. The van der Waals surface area contributed by atoms with Crippen molar-refractivity contribution in [3.05, 3.63) is 86.9 Å². The number of hydrogen-bond acceptors (Lipinski definition) is 4. The number of carboxylic acids is 1. The summed E-state index contributed by atoms with van der Waals surface area (Å²) < 4.78 is 29.8. The maximum absolute atomic E-state index is 13.9. The molecule has 1 N–H and O–H groups in total. The largest absolute Gasteiger partial charge is 0.480 e. The van der Waals surface area contributed by atoms with E-state index in [1.807, 2.05) is 37.3 Å². The Morgan fingerprint density at radius 3 is 2.32 bits per heavy atom. The number of carboxylic acid groups (broad SMARTS) is 1. The minimum absolute atomic E-state index is 0.168. The summed E-state index contributed by atoms with van der Waals surface area (Å²) in [5.41, 5.74) is 5.53. The standard InChI is InChI=1S/C26H27BrN2O4S/c1-17-13-18(2)26(19(3)14-17)34(32,33)29(16-25(30)31)24-6-4-5-23-22(24)11-12-28(23)15-20-7-9-21(27)10-8-20/h4-10,13-14H,11-12,15-16H2,1-3H3,(H,30,31). The lowest BCUT2D eigenvalue weighted by Gasteiger charge is -2.27. The summed E-state index contributed by atoms with van der Waals surface area (Å²) in [6, 6.07) is 17.2. The molecule has 0 spiro atoms. The topological polar surface area (TPSA) is 77.9 Å². The monoisotopic (exact) mass is 542 g/mol. The van der Waals surface area contributed by atoms with Gasteiger partial charge in [-0.3, -0.25) is 9.10 Å². The van der Waals surface area contributed by atoms with E-state index in [4.69, 9.17) is 0 Å². The zero-order chi connectivity index (χ0) is 24.6. The molecule has 3 aromatic carbocycles. The molecular weight excluding hydrogens is 516 g/mol. The third-order valence-electron chi connectivity index (χ3n) is 6.09. The molecule has 3 aromatic rings. The van der Waals surface area contributed by atoms with Crippen LogP contribution in [0, 0.1) is 20.8 Å². The zero-order valence-electron chi connectivity index (χ0n) is 19.4. The number of aryl methyl sites for hydroxylation is 3. The van der Waals surface area contributed by atoms with Crippen LogP contribution in [0.5, 0.6) is 0 Å². The van der Waals surface area contributed by atoms with E-state index in [1.165, 1.54) is 0 Å². The van der Waals surface area contributed by atoms with E-state index in [9.17, 15) is 18.3 Å². The Kier molecular flexibility index (Phi) is 6.73. The van der Waals surface area contributed by atoms with Gasteiger partial charge in [0.05, 0.1) is 10.6 Å². The van der Waals surface area contributed by atoms with E-state index in [-0.39, 0.29) is 4.90 Å². The van der Waals surface area contributed by atoms with E-state index in [0.717, 1.165) is 37.7 Å². The molecular formula is C26H27BrN2O4S. The van der Waals surface area contributed by atoms with Crippen molar-refractivity contribution in [3.63, 3.8) is 0 Å². The van der Waals surface area contributed by atoms with Gasteiger partial charge in [0.1, 0.15) is 6.54 Å². The van der Waals surface area contributed by atoms with Gasteiger partial charge in [0.25, 0.3) is 10.0 Å². The Hall–Kier alpha value is -2.84. The average molecular weight is 543 g/mol. The third-order valence-corrected chi connectivity index (χ3v) is 8.68. The summed E-state index contributed by atoms with van der Waals surface area (Å²) in [5, 5.41) is 9.64. The second-order valence-electron chi connectivity index (χ2n) is 8.71. The van der Waals surface area contributed by atoms with Gasteiger partial charge in [-0.1, -0.05) is 51.8 Å². The van der Waals surface area contributed by atoms with Crippen LogP contribution >= 0.6 is 15.9 Å². The average Bonchev–Trinajstić information content (AvgIpc) is 3.15. The Morgan fingerprint density at radius 2 is 1.71 bits per heavy atom. The van der Waals surface area contributed by atoms with Crippen LogP contribution in [0.25, 0.3) is 0 Å². The quantitative estimate of drug-likeness (QED) is 0.443. The summed E-state index contributed by atoms with van der Waals surface area (Å²) in [5.74, 6) is -1.20. The first-order valence-electron chi connectivity index (χ1n) is 11.0. The highest BCUT2D eigenvalue weighted by molar-refractivity contribution is 9.10. The van der Waals surface area contributed by atoms with E-state index in [1.54, 1.807) is 26.0 Å². The highest BCUT2D eigenvalue weighted by Crippen LogP contribution is 2.39. The first kappa shape index (κ1) is 24.3. The summed E-state index contributed by atoms with van der Waals surface area (Å²) in [6.07, 6.45) is 0.638. The molecule has 6 nitrogen and oxygen atoms in total. The van der Waals surface area contributed by atoms with E-state index in [0.29, 0.717) is 29.8 Å². The number of nitrogens with zero attached hydrogens (tertiary/aromatic N) is 2. The van der Waals surface area contributed by atoms with Crippen molar-refractivity contribution in [2.24, 2.45) is 0 Å². The highest BCUT2D eigenvalue weighted by atomic mass is 79.9. The second kappa shape index (κ2) is 9.43. The van der Waals surface area contributed by atoms with E-state index >= 15 is 0 Å². The number of aliphatic carboxylic acids is 1. The van der Waals surface area contributed by atoms with Gasteiger partial charge >= 0.3 is 5.97 Å².